The zero-order chi connectivity index (χ0) is 47.8. The minimum absolute atomic E-state index is 0.0588. The van der Waals surface area contributed by atoms with E-state index < -0.39 is 11.7 Å². The average Bonchev–Trinajstić information content (AvgIpc) is 3.76. The molecule has 3 aliphatic heterocycles. The molecule has 2 aromatic heterocycles. The monoisotopic (exact) mass is 918 g/mol. The molecule has 0 spiro atoms. The second-order valence-electron chi connectivity index (χ2n) is 18.0. The number of benzene rings is 4. The van der Waals surface area contributed by atoms with Crippen molar-refractivity contribution in [2.75, 3.05) is 38.8 Å². The molecular weight excluding hydrogens is 864 g/mol. The summed E-state index contributed by atoms with van der Waals surface area (Å²) in [5, 5.41) is 23.2. The molecule has 0 aliphatic carbocycles. The maximum Gasteiger partial charge on any atom is 0.258 e. The van der Waals surface area contributed by atoms with Crippen LogP contribution in [-0.2, 0) is 60.7 Å². The number of phenolic OH excluding ortho intramolecular Hbond substituents is 1. The molecule has 13 nitrogen and oxygen atoms in total. The van der Waals surface area contributed by atoms with Crippen molar-refractivity contribution in [3.8, 4) is 40.0 Å². The molecule has 350 valence electrons. The minimum atomic E-state index is -0.514. The molecule has 2 atom stereocenters. The lowest BCUT2D eigenvalue weighted by Crippen LogP contribution is -2.47. The number of carbonyl (C=O) groups excluding carboxylic acids is 3. The summed E-state index contributed by atoms with van der Waals surface area (Å²) < 4.78 is 36.1. The molecule has 1 saturated heterocycles. The van der Waals surface area contributed by atoms with Gasteiger partial charge in [0, 0.05) is 99.3 Å². The molecule has 3 amide bonds. The SMILES string of the molecule is COC[C@@H]1Cc2ccccc2CN1C(=O)c1cc2c(cc1-c1c(-c3cc(C#N)n(C)c3C)c(C(=O)Nc3ccc(O)cc3)c(C)n1C)CCN(C(=O)Cc1ccc(OCCC3CCO3)cc1F)C2. The highest BCUT2D eigenvalue weighted by molar-refractivity contribution is 6.14. The van der Waals surface area contributed by atoms with Crippen molar-refractivity contribution in [2.45, 2.75) is 71.2 Å². The number of ether oxygens (including phenoxy) is 3. The second-order valence-corrected chi connectivity index (χ2v) is 18.0. The fraction of sp³-hybridized carbons (Fsp3) is 0.333. The van der Waals surface area contributed by atoms with E-state index in [1.807, 2.05) is 60.7 Å². The third kappa shape index (κ3) is 8.87. The van der Waals surface area contributed by atoms with E-state index in [2.05, 4.69) is 17.5 Å². The summed E-state index contributed by atoms with van der Waals surface area (Å²) >= 11 is 0. The molecular formula is C54H55FN6O7. The Kier molecular flexibility index (Phi) is 13.0. The molecule has 6 aromatic rings. The number of methoxy groups -OCH3 is 1. The quantitative estimate of drug-likeness (QED) is 0.110. The van der Waals surface area contributed by atoms with Crippen molar-refractivity contribution in [3.63, 3.8) is 0 Å². The van der Waals surface area contributed by atoms with Crippen molar-refractivity contribution < 1.29 is 38.1 Å². The van der Waals surface area contributed by atoms with Crippen LogP contribution >= 0.6 is 0 Å². The number of halogens is 1. The predicted molar refractivity (Wildman–Crippen MR) is 255 cm³/mol. The van der Waals surface area contributed by atoms with Gasteiger partial charge in [0.25, 0.3) is 11.8 Å². The predicted octanol–water partition coefficient (Wildman–Crippen LogP) is 8.18. The number of nitrogens with zero attached hydrogens (tertiary/aromatic N) is 5. The zero-order valence-electron chi connectivity index (χ0n) is 39.0. The molecule has 5 heterocycles. The molecule has 9 rings (SSSR count). The topological polar surface area (TPSA) is 151 Å². The third-order valence-corrected chi connectivity index (χ3v) is 14.0. The van der Waals surface area contributed by atoms with Crippen molar-refractivity contribution in [2.24, 2.45) is 14.1 Å². The molecule has 4 aromatic carbocycles. The van der Waals surface area contributed by atoms with Gasteiger partial charge in [-0.3, -0.25) is 14.4 Å². The maximum absolute atomic E-state index is 15.6. The molecule has 1 unspecified atom stereocenters. The highest BCUT2D eigenvalue weighted by Gasteiger charge is 2.36. The van der Waals surface area contributed by atoms with Crippen LogP contribution in [0.1, 0.15) is 78.5 Å². The van der Waals surface area contributed by atoms with Gasteiger partial charge in [-0.1, -0.05) is 30.3 Å². The van der Waals surface area contributed by atoms with Gasteiger partial charge >= 0.3 is 0 Å². The number of aromatic hydroxyl groups is 1. The van der Waals surface area contributed by atoms with E-state index in [0.717, 1.165) is 47.4 Å². The smallest absolute Gasteiger partial charge is 0.258 e. The number of aromatic nitrogens is 2. The molecule has 68 heavy (non-hydrogen) atoms. The molecule has 0 radical (unpaired) electrons. The summed E-state index contributed by atoms with van der Waals surface area (Å²) in [5.74, 6) is -0.944. The Hall–Kier alpha value is -7.21. The number of carbonyl (C=O) groups is 3. The number of nitriles is 1. The highest BCUT2D eigenvalue weighted by atomic mass is 19.1. The van der Waals surface area contributed by atoms with E-state index in [9.17, 15) is 20.0 Å². The van der Waals surface area contributed by atoms with Crippen molar-refractivity contribution in [1.29, 1.82) is 5.26 Å². The number of hydrogen-bond acceptors (Lipinski definition) is 8. The van der Waals surface area contributed by atoms with E-state index in [0.29, 0.717) is 95.5 Å². The molecule has 0 saturated carbocycles. The van der Waals surface area contributed by atoms with Gasteiger partial charge in [0.15, 0.2) is 0 Å². The Labute approximate surface area is 395 Å². The number of hydrogen-bond donors (Lipinski definition) is 2. The summed E-state index contributed by atoms with van der Waals surface area (Å²) in [7, 11) is 5.30. The van der Waals surface area contributed by atoms with Gasteiger partial charge in [0.1, 0.15) is 29.1 Å². The van der Waals surface area contributed by atoms with Crippen LogP contribution in [0.4, 0.5) is 10.1 Å². The minimum Gasteiger partial charge on any atom is -0.508 e. The summed E-state index contributed by atoms with van der Waals surface area (Å²) in [4.78, 5) is 47.8. The van der Waals surface area contributed by atoms with Crippen LogP contribution in [0.25, 0.3) is 22.4 Å². The van der Waals surface area contributed by atoms with E-state index in [1.54, 1.807) is 54.0 Å². The van der Waals surface area contributed by atoms with Crippen LogP contribution in [0.15, 0.2) is 84.9 Å². The molecule has 0 bridgehead atoms. The largest absolute Gasteiger partial charge is 0.508 e. The van der Waals surface area contributed by atoms with Crippen LogP contribution in [0.2, 0.25) is 0 Å². The average molecular weight is 919 g/mol. The molecule has 1 fully saturated rings. The van der Waals surface area contributed by atoms with Gasteiger partial charge in [0.2, 0.25) is 5.91 Å². The molecule has 14 heteroatoms. The van der Waals surface area contributed by atoms with E-state index in [1.165, 1.54) is 18.2 Å². The van der Waals surface area contributed by atoms with E-state index in [4.69, 9.17) is 14.2 Å². The van der Waals surface area contributed by atoms with E-state index in [-0.39, 0.29) is 48.2 Å². The fourth-order valence-corrected chi connectivity index (χ4v) is 9.83. The summed E-state index contributed by atoms with van der Waals surface area (Å²) in [5.41, 5.74) is 9.58. The number of fused-ring (bicyclic) bond motifs is 2. The number of anilines is 1. The zero-order valence-corrected chi connectivity index (χ0v) is 39.0. The van der Waals surface area contributed by atoms with Crippen LogP contribution in [0, 0.1) is 31.0 Å². The van der Waals surface area contributed by atoms with Crippen molar-refractivity contribution >= 4 is 23.4 Å². The number of nitrogens with one attached hydrogen (secondary N) is 1. The summed E-state index contributed by atoms with van der Waals surface area (Å²) in [6.07, 6.45) is 2.82. The maximum atomic E-state index is 15.6. The number of phenols is 1. The van der Waals surface area contributed by atoms with Gasteiger partial charge in [-0.25, -0.2) is 4.39 Å². The summed E-state index contributed by atoms with van der Waals surface area (Å²) in [6.45, 7) is 6.15. The standard InChI is InChI=1S/C54H55FN6O7/c1-32-45(26-40(28-56)58(32)3)51-50(53(64)57-39-11-13-42(62)14-12-39)33(2)59(4)52(51)46-23-35-16-19-60(49(63)25-36-10-15-44(27-48(36)55)68-21-18-43-17-20-67-43)29-38(35)24-47(46)54(65)61-30-37-9-7-6-8-34(37)22-41(61)31-66-5/h6-15,23-24,26-27,41,43,62H,16-22,25,29-31H2,1-5H3,(H,57,64)/t41-,43?/m0/s1. The first-order valence-corrected chi connectivity index (χ1v) is 23.0. The van der Waals surface area contributed by atoms with Crippen molar-refractivity contribution in [3.05, 3.63) is 147 Å². The fourth-order valence-electron chi connectivity index (χ4n) is 9.83. The van der Waals surface area contributed by atoms with Gasteiger partial charge < -0.3 is 43.6 Å². The third-order valence-electron chi connectivity index (χ3n) is 14.0. The number of amides is 3. The van der Waals surface area contributed by atoms with Gasteiger partial charge in [-0.15, -0.1) is 0 Å². The lowest BCUT2D eigenvalue weighted by molar-refractivity contribution is -0.131. The van der Waals surface area contributed by atoms with Crippen LogP contribution in [0.3, 0.4) is 0 Å². The van der Waals surface area contributed by atoms with Crippen molar-refractivity contribution in [1.82, 2.24) is 18.9 Å². The Morgan fingerprint density at radius 3 is 2.37 bits per heavy atom. The van der Waals surface area contributed by atoms with Crippen LogP contribution < -0.4 is 10.1 Å². The normalized spacial score (nSPS) is 16.4. The first-order valence-electron chi connectivity index (χ1n) is 23.0. The summed E-state index contributed by atoms with van der Waals surface area (Å²) in [6, 6.07) is 26.6. The van der Waals surface area contributed by atoms with Crippen LogP contribution in [0.5, 0.6) is 11.5 Å². The van der Waals surface area contributed by atoms with Gasteiger partial charge in [-0.2, -0.15) is 5.26 Å². The molecule has 3 aliphatic rings. The van der Waals surface area contributed by atoms with Gasteiger partial charge in [-0.05, 0) is 109 Å². The van der Waals surface area contributed by atoms with E-state index >= 15 is 9.18 Å². The lowest BCUT2D eigenvalue weighted by Gasteiger charge is -2.37. The Morgan fingerprint density at radius 2 is 1.68 bits per heavy atom. The van der Waals surface area contributed by atoms with Gasteiger partial charge in [0.05, 0.1) is 43.0 Å². The number of rotatable bonds is 13. The lowest BCUT2D eigenvalue weighted by atomic mass is 9.87. The Morgan fingerprint density at radius 1 is 0.912 bits per heavy atom. The van der Waals surface area contributed by atoms with Crippen LogP contribution in [-0.4, -0.2) is 87.4 Å². The second kappa shape index (κ2) is 19.2. The first-order chi connectivity index (χ1) is 32.8. The Balaban J connectivity index is 1.13. The highest BCUT2D eigenvalue weighted by Crippen LogP contribution is 2.44. The first kappa shape index (κ1) is 45.9. The Bertz CT molecular complexity index is 2980. The molecule has 2 N–H and O–H groups in total.